The molecule has 1 fully saturated rings. The average Bonchev–Trinajstić information content (AvgIpc) is 3.06. The summed E-state index contributed by atoms with van der Waals surface area (Å²) in [5.74, 6) is -2.92. The predicted molar refractivity (Wildman–Crippen MR) is 72.5 cm³/mol. The molecule has 1 aromatic rings. The molecule has 1 aromatic carbocycles. The fourth-order valence-corrected chi connectivity index (χ4v) is 2.86. The summed E-state index contributed by atoms with van der Waals surface area (Å²) >= 11 is 0. The van der Waals surface area contributed by atoms with Gasteiger partial charge in [-0.05, 0) is 12.5 Å². The first-order valence-electron chi connectivity index (χ1n) is 7.07. The second-order valence-corrected chi connectivity index (χ2v) is 5.29. The van der Waals surface area contributed by atoms with E-state index in [0.29, 0.717) is 11.1 Å². The van der Waals surface area contributed by atoms with Crippen LogP contribution in [0.15, 0.2) is 24.3 Å². The van der Waals surface area contributed by atoms with E-state index in [-0.39, 0.29) is 18.7 Å². The number of nitrogens with one attached hydrogen (secondary N) is 1. The Morgan fingerprint density at radius 3 is 2.78 bits per heavy atom. The number of fused-ring (bicyclic) bond motifs is 1. The number of carbonyl (C=O) groups excluding carboxylic acids is 4. The first kappa shape index (κ1) is 15.0. The highest BCUT2D eigenvalue weighted by molar-refractivity contribution is 5.96. The molecule has 0 aromatic heterocycles. The number of carbonyl (C=O) groups is 4. The number of cyclic esters (lactones) is 1. The van der Waals surface area contributed by atoms with E-state index in [4.69, 9.17) is 4.74 Å². The molecular formula is C15H13N2O6-. The highest BCUT2D eigenvalue weighted by Crippen LogP contribution is 2.38. The third-order valence-electron chi connectivity index (χ3n) is 3.88. The number of hydrogen-bond acceptors (Lipinski definition) is 6. The average molecular weight is 317 g/mol. The Morgan fingerprint density at radius 1 is 1.30 bits per heavy atom. The molecule has 1 N–H and O–H groups in total. The van der Waals surface area contributed by atoms with Crippen LogP contribution in [-0.4, -0.2) is 41.2 Å². The monoisotopic (exact) mass is 317 g/mol. The Labute approximate surface area is 131 Å². The zero-order chi connectivity index (χ0) is 16.6. The van der Waals surface area contributed by atoms with E-state index in [2.05, 4.69) is 5.32 Å². The van der Waals surface area contributed by atoms with Crippen LogP contribution in [0.4, 0.5) is 0 Å². The van der Waals surface area contributed by atoms with Crippen molar-refractivity contribution in [1.82, 2.24) is 10.2 Å². The molecule has 2 aliphatic heterocycles. The van der Waals surface area contributed by atoms with Crippen molar-refractivity contribution in [3.05, 3.63) is 35.4 Å². The topological polar surface area (TPSA) is 116 Å². The Morgan fingerprint density at radius 2 is 2.04 bits per heavy atom. The lowest BCUT2D eigenvalue weighted by atomic mass is 10.1. The summed E-state index contributed by atoms with van der Waals surface area (Å²) in [6.07, 6.45) is -0.611. The summed E-state index contributed by atoms with van der Waals surface area (Å²) in [6, 6.07) is 5.75. The number of likely N-dealkylation sites (tertiary alicyclic amines) is 1. The van der Waals surface area contributed by atoms with Gasteiger partial charge < -0.3 is 20.0 Å². The molecule has 1 saturated heterocycles. The maximum absolute atomic E-state index is 12.2. The molecular weight excluding hydrogens is 304 g/mol. The van der Waals surface area contributed by atoms with Crippen LogP contribution in [0, 0.1) is 0 Å². The summed E-state index contributed by atoms with van der Waals surface area (Å²) in [6.45, 7) is -0.640. The van der Waals surface area contributed by atoms with Gasteiger partial charge in [-0.25, -0.2) is 4.79 Å². The molecule has 0 spiro atoms. The van der Waals surface area contributed by atoms with Crippen LogP contribution in [0.2, 0.25) is 0 Å². The first-order chi connectivity index (χ1) is 11.0. The zero-order valence-electron chi connectivity index (χ0n) is 12.0. The summed E-state index contributed by atoms with van der Waals surface area (Å²) in [7, 11) is 0. The van der Waals surface area contributed by atoms with Gasteiger partial charge in [-0.1, -0.05) is 18.2 Å². The van der Waals surface area contributed by atoms with Crippen LogP contribution in [0.3, 0.4) is 0 Å². The van der Waals surface area contributed by atoms with E-state index in [1.807, 2.05) is 0 Å². The van der Waals surface area contributed by atoms with Crippen molar-refractivity contribution in [2.24, 2.45) is 0 Å². The van der Waals surface area contributed by atoms with Crippen LogP contribution >= 0.6 is 0 Å². The Balaban J connectivity index is 1.85. The summed E-state index contributed by atoms with van der Waals surface area (Å²) < 4.78 is 5.25. The Hall–Kier alpha value is -2.90. The van der Waals surface area contributed by atoms with E-state index >= 15 is 0 Å². The fraction of sp³-hybridized carbons (Fsp3) is 0.333. The maximum Gasteiger partial charge on any atom is 0.340 e. The van der Waals surface area contributed by atoms with Crippen molar-refractivity contribution in [1.29, 1.82) is 0 Å². The number of ether oxygens (including phenoxy) is 1. The second kappa shape index (κ2) is 5.71. The minimum atomic E-state index is -1.42. The van der Waals surface area contributed by atoms with Gasteiger partial charge in [0.15, 0.2) is 0 Å². The van der Waals surface area contributed by atoms with Crippen LogP contribution in [0.1, 0.15) is 35.0 Å². The maximum atomic E-state index is 12.2. The molecule has 0 radical (unpaired) electrons. The van der Waals surface area contributed by atoms with E-state index in [0.717, 1.165) is 0 Å². The standard InChI is InChI=1S/C15H14N2O6/c18-11-6-5-10(13(21)16-7-12(19)20)17(11)14-8-3-1-2-4-9(8)15(22)23-14/h1-4,10,14H,5-7H2,(H,16,21)(H,19,20)/p-1/t10-,14+/m0/s1. The summed E-state index contributed by atoms with van der Waals surface area (Å²) in [5, 5.41) is 12.6. The molecule has 0 saturated carbocycles. The lowest BCUT2D eigenvalue weighted by Gasteiger charge is -2.29. The molecule has 8 heteroatoms. The van der Waals surface area contributed by atoms with Gasteiger partial charge in [0, 0.05) is 12.0 Å². The molecule has 2 heterocycles. The number of hydrogen-bond donors (Lipinski definition) is 1. The largest absolute Gasteiger partial charge is 0.548 e. The van der Waals surface area contributed by atoms with E-state index in [1.165, 1.54) is 4.90 Å². The predicted octanol–water partition coefficient (Wildman–Crippen LogP) is -1.29. The van der Waals surface area contributed by atoms with Crippen molar-refractivity contribution in [3.8, 4) is 0 Å². The number of carboxylic acid groups (broad SMARTS) is 1. The van der Waals surface area contributed by atoms with Crippen molar-refractivity contribution < 1.29 is 29.0 Å². The number of aliphatic carboxylic acids is 1. The molecule has 3 rings (SSSR count). The van der Waals surface area contributed by atoms with Gasteiger partial charge in [0.2, 0.25) is 18.0 Å². The highest BCUT2D eigenvalue weighted by atomic mass is 16.6. The molecule has 120 valence electrons. The minimum absolute atomic E-state index is 0.125. The second-order valence-electron chi connectivity index (χ2n) is 5.29. The molecule has 23 heavy (non-hydrogen) atoms. The normalized spacial score (nSPS) is 22.7. The van der Waals surface area contributed by atoms with E-state index in [9.17, 15) is 24.3 Å². The molecule has 0 bridgehead atoms. The molecule has 2 atom stereocenters. The summed E-state index contributed by atoms with van der Waals surface area (Å²) in [5.41, 5.74) is 0.872. The lowest BCUT2D eigenvalue weighted by Crippen LogP contribution is -2.48. The lowest BCUT2D eigenvalue weighted by molar-refractivity contribution is -0.304. The van der Waals surface area contributed by atoms with Gasteiger partial charge in [0.05, 0.1) is 18.1 Å². The molecule has 2 amide bonds. The van der Waals surface area contributed by atoms with Gasteiger partial charge in [0.1, 0.15) is 6.04 Å². The van der Waals surface area contributed by atoms with Crippen molar-refractivity contribution in [2.45, 2.75) is 25.1 Å². The Kier molecular flexibility index (Phi) is 3.73. The van der Waals surface area contributed by atoms with Crippen LogP contribution in [0.25, 0.3) is 0 Å². The van der Waals surface area contributed by atoms with Crippen LogP contribution < -0.4 is 10.4 Å². The highest BCUT2D eigenvalue weighted by Gasteiger charge is 2.46. The number of nitrogens with zero attached hydrogens (tertiary/aromatic N) is 1. The third kappa shape index (κ3) is 2.63. The SMILES string of the molecule is O=C([O-])CNC(=O)[C@@H]1CCC(=O)N1[C@@H]1OC(=O)c2ccccc21. The number of carboxylic acids is 1. The number of benzene rings is 1. The third-order valence-corrected chi connectivity index (χ3v) is 3.88. The quantitative estimate of drug-likeness (QED) is 0.691. The molecule has 2 aliphatic rings. The number of rotatable bonds is 4. The van der Waals surface area contributed by atoms with Crippen molar-refractivity contribution >= 4 is 23.8 Å². The van der Waals surface area contributed by atoms with Gasteiger partial charge >= 0.3 is 5.97 Å². The van der Waals surface area contributed by atoms with Crippen LogP contribution in [0.5, 0.6) is 0 Å². The fourth-order valence-electron chi connectivity index (χ4n) is 2.86. The number of esters is 1. The van der Waals surface area contributed by atoms with Gasteiger partial charge in [-0.2, -0.15) is 0 Å². The van der Waals surface area contributed by atoms with Crippen LogP contribution in [-0.2, 0) is 19.1 Å². The molecule has 8 nitrogen and oxygen atoms in total. The van der Waals surface area contributed by atoms with Crippen molar-refractivity contribution in [2.75, 3.05) is 6.54 Å². The van der Waals surface area contributed by atoms with Gasteiger partial charge in [0.25, 0.3) is 0 Å². The minimum Gasteiger partial charge on any atom is -0.548 e. The zero-order valence-corrected chi connectivity index (χ0v) is 12.0. The van der Waals surface area contributed by atoms with E-state index < -0.39 is 36.7 Å². The number of amides is 2. The Bertz CT molecular complexity index is 701. The molecule has 0 unspecified atom stereocenters. The van der Waals surface area contributed by atoms with Crippen molar-refractivity contribution in [3.63, 3.8) is 0 Å². The first-order valence-corrected chi connectivity index (χ1v) is 7.07. The molecule has 0 aliphatic carbocycles. The van der Waals surface area contributed by atoms with Gasteiger partial charge in [-0.15, -0.1) is 0 Å². The van der Waals surface area contributed by atoms with Gasteiger partial charge in [-0.3, -0.25) is 14.5 Å². The summed E-state index contributed by atoms with van der Waals surface area (Å²) in [4.78, 5) is 47.8. The smallest absolute Gasteiger partial charge is 0.340 e. The van der Waals surface area contributed by atoms with E-state index in [1.54, 1.807) is 24.3 Å².